The Hall–Kier alpha value is -1.67. The molecule has 0 atom stereocenters. The van der Waals surface area contributed by atoms with Crippen LogP contribution in [0.5, 0.6) is 11.5 Å². The van der Waals surface area contributed by atoms with Crippen molar-refractivity contribution in [2.75, 3.05) is 7.11 Å². The number of nitrogens with one attached hydrogen (secondary N) is 1. The third-order valence-electron chi connectivity index (χ3n) is 2.91. The van der Waals surface area contributed by atoms with Crippen molar-refractivity contribution >= 4 is 51.0 Å². The van der Waals surface area contributed by atoms with E-state index >= 15 is 0 Å². The number of hydrogen-bond acceptors (Lipinski definition) is 5. The van der Waals surface area contributed by atoms with Gasteiger partial charge in [0, 0.05) is 5.56 Å². The quantitative estimate of drug-likeness (QED) is 0.582. The monoisotopic (exact) mass is 408 g/mol. The predicted molar refractivity (Wildman–Crippen MR) is 94.0 cm³/mol. The van der Waals surface area contributed by atoms with Crippen molar-refractivity contribution in [3.63, 3.8) is 0 Å². The molecular formula is C14H11Cl3N2O4S. The highest BCUT2D eigenvalue weighted by atomic mass is 35.5. The molecule has 2 aromatic carbocycles. The van der Waals surface area contributed by atoms with Gasteiger partial charge in [-0.3, -0.25) is 0 Å². The van der Waals surface area contributed by atoms with Crippen molar-refractivity contribution in [2.45, 2.75) is 4.90 Å². The Morgan fingerprint density at radius 1 is 1.17 bits per heavy atom. The summed E-state index contributed by atoms with van der Waals surface area (Å²) in [4.78, 5) is 1.91. The first kappa shape index (κ1) is 18.7. The Balaban J connectivity index is 2.22. The first-order valence-corrected chi connectivity index (χ1v) is 8.93. The second-order valence-electron chi connectivity index (χ2n) is 4.45. The van der Waals surface area contributed by atoms with Crippen molar-refractivity contribution < 1.29 is 18.3 Å². The number of hydrazone groups is 1. The molecule has 2 aromatic rings. The molecule has 10 heteroatoms. The summed E-state index contributed by atoms with van der Waals surface area (Å²) >= 11 is 17.5. The van der Waals surface area contributed by atoms with Crippen LogP contribution < -0.4 is 9.57 Å². The van der Waals surface area contributed by atoms with Crippen molar-refractivity contribution in [1.82, 2.24) is 4.83 Å². The minimum atomic E-state index is -3.93. The molecule has 2 N–H and O–H groups in total. The largest absolute Gasteiger partial charge is 0.503 e. The van der Waals surface area contributed by atoms with Crippen LogP contribution in [-0.2, 0) is 10.0 Å². The summed E-state index contributed by atoms with van der Waals surface area (Å²) in [5, 5.41) is 13.7. The Morgan fingerprint density at radius 2 is 1.88 bits per heavy atom. The van der Waals surface area contributed by atoms with E-state index in [0.29, 0.717) is 5.56 Å². The van der Waals surface area contributed by atoms with Crippen molar-refractivity contribution in [1.29, 1.82) is 0 Å². The molecule has 24 heavy (non-hydrogen) atoms. The lowest BCUT2D eigenvalue weighted by Crippen LogP contribution is -2.18. The molecular weight excluding hydrogens is 399 g/mol. The van der Waals surface area contributed by atoms with Gasteiger partial charge >= 0.3 is 0 Å². The van der Waals surface area contributed by atoms with Crippen LogP contribution in [0.3, 0.4) is 0 Å². The van der Waals surface area contributed by atoms with Gasteiger partial charge < -0.3 is 9.84 Å². The average Bonchev–Trinajstić information content (AvgIpc) is 2.54. The molecule has 0 radical (unpaired) electrons. The number of rotatable bonds is 5. The number of nitrogens with zero attached hydrogens (tertiary/aromatic N) is 1. The second-order valence-corrected chi connectivity index (χ2v) is 7.30. The average molecular weight is 410 g/mol. The first-order chi connectivity index (χ1) is 11.3. The summed E-state index contributed by atoms with van der Waals surface area (Å²) in [7, 11) is -2.55. The van der Waals surface area contributed by atoms with Crippen LogP contribution in [0.15, 0.2) is 40.3 Å². The maximum absolute atomic E-state index is 12.1. The van der Waals surface area contributed by atoms with Gasteiger partial charge in [-0.1, -0.05) is 34.8 Å². The van der Waals surface area contributed by atoms with Gasteiger partial charge in [0.25, 0.3) is 10.0 Å². The topological polar surface area (TPSA) is 88.0 Å². The van der Waals surface area contributed by atoms with Crippen LogP contribution in [-0.4, -0.2) is 26.8 Å². The van der Waals surface area contributed by atoms with Crippen LogP contribution in [0.4, 0.5) is 0 Å². The lowest BCUT2D eigenvalue weighted by Gasteiger charge is -2.07. The summed E-state index contributed by atoms with van der Waals surface area (Å²) in [5.74, 6) is -0.0796. The standard InChI is InChI=1S/C14H11Cl3N2O4S/c1-23-12-5-2-8(13(17)14(12)20)7-18-19-24(21,22)9-3-4-10(15)11(16)6-9/h2-7,19-20H,1H3/b18-7+. The Kier molecular flexibility index (Phi) is 5.82. The molecule has 0 aromatic heterocycles. The number of benzene rings is 2. The van der Waals surface area contributed by atoms with Gasteiger partial charge in [-0.2, -0.15) is 13.5 Å². The molecule has 0 fully saturated rings. The fraction of sp³-hybridized carbons (Fsp3) is 0.0714. The predicted octanol–water partition coefficient (Wildman–Crippen LogP) is 3.67. The first-order valence-electron chi connectivity index (χ1n) is 6.31. The maximum Gasteiger partial charge on any atom is 0.276 e. The number of ether oxygens (including phenoxy) is 1. The molecule has 0 amide bonds. The van der Waals surface area contributed by atoms with Crippen molar-refractivity contribution in [3.8, 4) is 11.5 Å². The summed E-state index contributed by atoms with van der Waals surface area (Å²) < 4.78 is 29.1. The van der Waals surface area contributed by atoms with E-state index in [1.807, 2.05) is 4.83 Å². The Bertz CT molecular complexity index is 901. The highest BCUT2D eigenvalue weighted by Gasteiger charge is 2.15. The number of phenols is 1. The van der Waals surface area contributed by atoms with Crippen LogP contribution in [0.25, 0.3) is 0 Å². The van der Waals surface area contributed by atoms with Gasteiger partial charge in [-0.15, -0.1) is 0 Å². The second kappa shape index (κ2) is 7.48. The zero-order chi connectivity index (χ0) is 17.9. The van der Waals surface area contributed by atoms with E-state index in [2.05, 4.69) is 5.10 Å². The fourth-order valence-electron chi connectivity index (χ4n) is 1.69. The minimum Gasteiger partial charge on any atom is -0.503 e. The van der Waals surface area contributed by atoms with Gasteiger partial charge in [-0.05, 0) is 30.3 Å². The summed E-state index contributed by atoms with van der Waals surface area (Å²) in [6, 6.07) is 6.83. The highest BCUT2D eigenvalue weighted by molar-refractivity contribution is 7.89. The van der Waals surface area contributed by atoms with E-state index in [1.54, 1.807) is 0 Å². The maximum atomic E-state index is 12.1. The van der Waals surface area contributed by atoms with E-state index in [-0.39, 0.29) is 31.5 Å². The molecule has 0 unspecified atom stereocenters. The van der Waals surface area contributed by atoms with Crippen LogP contribution in [0, 0.1) is 0 Å². The zero-order valence-electron chi connectivity index (χ0n) is 12.1. The molecule has 2 rings (SSSR count). The van der Waals surface area contributed by atoms with E-state index in [0.717, 1.165) is 6.21 Å². The van der Waals surface area contributed by atoms with Gasteiger partial charge in [0.05, 0.1) is 33.3 Å². The number of methoxy groups -OCH3 is 1. The Labute approximate surface area is 153 Å². The van der Waals surface area contributed by atoms with Crippen LogP contribution in [0.1, 0.15) is 5.56 Å². The SMILES string of the molecule is COc1ccc(/C=N/NS(=O)(=O)c2ccc(Cl)c(Cl)c2)c(Cl)c1O. The van der Waals surface area contributed by atoms with Crippen LogP contribution >= 0.6 is 34.8 Å². The van der Waals surface area contributed by atoms with E-state index < -0.39 is 10.0 Å². The van der Waals surface area contributed by atoms with Gasteiger partial charge in [-0.25, -0.2) is 4.83 Å². The lowest BCUT2D eigenvalue weighted by atomic mass is 10.2. The summed E-state index contributed by atoms with van der Waals surface area (Å²) in [6.07, 6.45) is 1.15. The van der Waals surface area contributed by atoms with Gasteiger partial charge in [0.2, 0.25) is 0 Å². The smallest absolute Gasteiger partial charge is 0.276 e. The number of aromatic hydroxyl groups is 1. The molecule has 0 heterocycles. The minimum absolute atomic E-state index is 0.0214. The number of sulfonamides is 1. The van der Waals surface area contributed by atoms with Crippen molar-refractivity contribution in [2.24, 2.45) is 5.10 Å². The fourth-order valence-corrected chi connectivity index (χ4v) is 3.07. The zero-order valence-corrected chi connectivity index (χ0v) is 15.2. The number of phenolic OH excluding ortho intramolecular Hbond substituents is 1. The third-order valence-corrected chi connectivity index (χ3v) is 5.26. The van der Waals surface area contributed by atoms with Gasteiger partial charge in [0.15, 0.2) is 11.5 Å². The molecule has 6 nitrogen and oxygen atoms in total. The lowest BCUT2D eigenvalue weighted by molar-refractivity contribution is 0.373. The molecule has 0 aliphatic rings. The number of hydrogen-bond donors (Lipinski definition) is 2. The molecule has 0 spiro atoms. The highest BCUT2D eigenvalue weighted by Crippen LogP contribution is 2.35. The van der Waals surface area contributed by atoms with Crippen LogP contribution in [0.2, 0.25) is 15.1 Å². The third kappa shape index (κ3) is 4.05. The van der Waals surface area contributed by atoms with E-state index in [4.69, 9.17) is 39.5 Å². The summed E-state index contributed by atoms with van der Waals surface area (Å²) in [5.41, 5.74) is 0.298. The normalized spacial score (nSPS) is 11.7. The van der Waals surface area contributed by atoms with Gasteiger partial charge in [0.1, 0.15) is 0 Å². The molecule has 0 saturated heterocycles. The number of halogens is 3. The van der Waals surface area contributed by atoms with E-state index in [9.17, 15) is 13.5 Å². The van der Waals surface area contributed by atoms with Crippen molar-refractivity contribution in [3.05, 3.63) is 51.0 Å². The summed E-state index contributed by atoms with van der Waals surface area (Å²) in [6.45, 7) is 0. The Morgan fingerprint density at radius 3 is 2.50 bits per heavy atom. The molecule has 0 bridgehead atoms. The molecule has 128 valence electrons. The van der Waals surface area contributed by atoms with E-state index in [1.165, 1.54) is 37.4 Å². The molecule has 0 aliphatic carbocycles. The molecule has 0 aliphatic heterocycles. The molecule has 0 saturated carbocycles.